The molecule has 0 aromatic rings. The summed E-state index contributed by atoms with van der Waals surface area (Å²) in [5.41, 5.74) is 0. The van der Waals surface area contributed by atoms with Crippen molar-refractivity contribution in [2.45, 2.75) is 43.7 Å². The van der Waals surface area contributed by atoms with Crippen LogP contribution in [-0.2, 0) is 9.53 Å². The van der Waals surface area contributed by atoms with Crippen molar-refractivity contribution in [3.8, 4) is 0 Å². The molecule has 0 aromatic carbocycles. The maximum atomic E-state index is 9.45. The average molecular weight is 730 g/mol. The molecule has 1 aliphatic rings. The molecule has 1 heterocycles. The van der Waals surface area contributed by atoms with Crippen LogP contribution in [0.3, 0.4) is 0 Å². The standard InChI is InChI=1S/C6H12O6.C3H6O3.CH2O3.Ca.6ClH.K.Mg.2Na.2H2O/c7-1-2-3(8)4(9)5(10)6(11)12-2;1-2(4)3(5)6;2-1(3)4;;;;;;;;;;;;;/h2-11H,1H2;2,4H,1H3,(H,5,6);(H2,2,3,4);;6*1H;;;;;2*1H2/q;;;+2;;;;;;;+1;+2;;+1;;/p-6. The first-order valence-corrected chi connectivity index (χ1v) is 5.77. The summed E-state index contributed by atoms with van der Waals surface area (Å²) in [7, 11) is 0. The average Bonchev–Trinajstić information content (AvgIpc) is 2.40. The van der Waals surface area contributed by atoms with Gasteiger partial charge in [-0.05, 0) is 6.92 Å². The van der Waals surface area contributed by atoms with E-state index in [-0.39, 0.29) is 257 Å². The van der Waals surface area contributed by atoms with Gasteiger partial charge in [0.25, 0.3) is 0 Å². The van der Waals surface area contributed by atoms with Gasteiger partial charge in [-0.15, -0.1) is 0 Å². The van der Waals surface area contributed by atoms with E-state index in [2.05, 4.69) is 4.74 Å². The van der Waals surface area contributed by atoms with Gasteiger partial charge in [-0.2, -0.15) is 0 Å². The molecule has 14 nitrogen and oxygen atoms in total. The van der Waals surface area contributed by atoms with Crippen molar-refractivity contribution in [1.82, 2.24) is 0 Å². The first-order chi connectivity index (χ1) is 9.95. The summed E-state index contributed by atoms with van der Waals surface area (Å²) in [6.07, 6.45) is -10.1. The van der Waals surface area contributed by atoms with Gasteiger partial charge in [0, 0.05) is 29.6 Å². The molecule has 25 heteroatoms. The number of carbonyl (C=O) groups is 2. The predicted molar refractivity (Wildman–Crippen MR) is 90.4 cm³/mol. The predicted octanol–water partition coefficient (Wildman–Crippen LogP) is -30.3. The molecule has 0 saturated carbocycles. The molecule has 35 heavy (non-hydrogen) atoms. The molecule has 0 bridgehead atoms. The van der Waals surface area contributed by atoms with E-state index in [4.69, 9.17) is 50.8 Å². The van der Waals surface area contributed by atoms with Gasteiger partial charge >= 0.3 is 154 Å². The minimum absolute atomic E-state index is 0. The van der Waals surface area contributed by atoms with Crippen molar-refractivity contribution < 1.29 is 227 Å². The summed E-state index contributed by atoms with van der Waals surface area (Å²) in [5.74, 6) is -1.19. The molecule has 6 unspecified atom stereocenters. The number of carboxylic acid groups (broad SMARTS) is 3. The normalized spacial score (nSPS) is 19.9. The van der Waals surface area contributed by atoms with Gasteiger partial charge in [0.05, 0.1) is 6.61 Å². The Hall–Kier alpha value is 5.78. The van der Waals surface area contributed by atoms with E-state index in [9.17, 15) is 4.79 Å². The molecule has 0 amide bonds. The molecule has 6 atom stereocenters. The minimum Gasteiger partial charge on any atom is -1.00 e. The van der Waals surface area contributed by atoms with Crippen LogP contribution >= 0.6 is 0 Å². The van der Waals surface area contributed by atoms with E-state index in [0.717, 1.165) is 0 Å². The van der Waals surface area contributed by atoms with Crippen LogP contribution in [0, 0.1) is 0 Å². The summed E-state index contributed by atoms with van der Waals surface area (Å²) < 4.78 is 4.58. The zero-order chi connectivity index (χ0) is 18.0. The third-order valence-corrected chi connectivity index (χ3v) is 2.22. The van der Waals surface area contributed by atoms with E-state index in [1.165, 1.54) is 6.92 Å². The maximum absolute atomic E-state index is 9.45. The number of aliphatic hydroxyl groups excluding tert-OH is 6. The number of rotatable bonds is 2. The topological polar surface area (TPSA) is 288 Å². The zero-order valence-electron chi connectivity index (χ0n) is 19.1. The zero-order valence-corrected chi connectivity index (χ0v) is 34.4. The Balaban J connectivity index is -0.0000000122. The summed E-state index contributed by atoms with van der Waals surface area (Å²) in [6.45, 7) is 0.671. The van der Waals surface area contributed by atoms with Crippen molar-refractivity contribution in [2.75, 3.05) is 6.61 Å². The van der Waals surface area contributed by atoms with E-state index in [1.54, 1.807) is 0 Å². The Bertz CT molecular complexity index is 377. The van der Waals surface area contributed by atoms with Crippen LogP contribution in [0.4, 0.5) is 4.79 Å². The third-order valence-electron chi connectivity index (χ3n) is 2.22. The van der Waals surface area contributed by atoms with E-state index in [0.29, 0.717) is 0 Å². The Kier molecular flexibility index (Phi) is 164. The van der Waals surface area contributed by atoms with E-state index >= 15 is 0 Å². The summed E-state index contributed by atoms with van der Waals surface area (Å²) >= 11 is 0. The minimum atomic E-state index is -1.83. The molecule has 0 spiro atoms. The van der Waals surface area contributed by atoms with E-state index < -0.39 is 55.5 Å². The van der Waals surface area contributed by atoms with Gasteiger partial charge in [-0.3, -0.25) is 0 Å². The van der Waals surface area contributed by atoms with E-state index in [1.807, 2.05) is 0 Å². The number of ether oxygens (including phenoxy) is 1. The Morgan fingerprint density at radius 2 is 1.06 bits per heavy atom. The Labute approximate surface area is 372 Å². The number of hydrogen-bond donors (Lipinski definition) is 9. The Morgan fingerprint density at radius 3 is 1.23 bits per heavy atom. The number of aliphatic hydroxyl groups is 6. The molecule has 197 valence electrons. The number of aliphatic carboxylic acids is 1. The van der Waals surface area contributed by atoms with Crippen molar-refractivity contribution in [1.29, 1.82) is 0 Å². The fourth-order valence-electron chi connectivity index (χ4n) is 1.08. The second-order valence-electron chi connectivity index (χ2n) is 4.02. The quantitative estimate of drug-likeness (QED) is 0.120. The van der Waals surface area contributed by atoms with Crippen LogP contribution in [0.25, 0.3) is 0 Å². The molecule has 0 aromatic heterocycles. The van der Waals surface area contributed by atoms with Crippen LogP contribution in [0.15, 0.2) is 0 Å². The van der Waals surface area contributed by atoms with Crippen LogP contribution in [0.5, 0.6) is 0 Å². The first-order valence-electron chi connectivity index (χ1n) is 5.77. The monoisotopic (exact) mass is 727 g/mol. The van der Waals surface area contributed by atoms with Gasteiger partial charge in [0.15, 0.2) is 6.29 Å². The second-order valence-corrected chi connectivity index (χ2v) is 4.02. The van der Waals surface area contributed by atoms with Gasteiger partial charge in [0.2, 0.25) is 0 Å². The summed E-state index contributed by atoms with van der Waals surface area (Å²) in [6, 6.07) is 0. The molecule has 1 saturated heterocycles. The molecule has 0 aliphatic carbocycles. The first kappa shape index (κ1) is 97.1. The van der Waals surface area contributed by atoms with Crippen LogP contribution in [-0.4, -0.2) is 203 Å². The fraction of sp³-hybridized carbons (Fsp3) is 0.800. The maximum Gasteiger partial charge on any atom is 2.00 e. The van der Waals surface area contributed by atoms with Crippen molar-refractivity contribution >= 4 is 102 Å². The number of carboxylic acids is 1. The molecular weight excluding hydrogens is 706 g/mol. The van der Waals surface area contributed by atoms with Crippen molar-refractivity contribution in [2.24, 2.45) is 0 Å². The fourth-order valence-corrected chi connectivity index (χ4v) is 1.08. The second kappa shape index (κ2) is 59.2. The van der Waals surface area contributed by atoms with Crippen LogP contribution < -0.4 is 155 Å². The van der Waals surface area contributed by atoms with Gasteiger partial charge in [-0.1, -0.05) is 0 Å². The van der Waals surface area contributed by atoms with Crippen molar-refractivity contribution in [3.05, 3.63) is 0 Å². The van der Waals surface area contributed by atoms with Gasteiger partial charge in [0.1, 0.15) is 30.5 Å². The number of hydrogen-bond acceptors (Lipinski definition) is 9. The molecule has 1 rings (SSSR count). The smallest absolute Gasteiger partial charge is 1.00 e. The largest absolute Gasteiger partial charge is 2.00 e. The summed E-state index contributed by atoms with van der Waals surface area (Å²) in [5, 5.41) is 74.4. The third kappa shape index (κ3) is 56.2. The SMILES string of the molecule is CC(O)C(=O)O.O.O.O=C(O)O.OCC1OC(O)C(O)C(O)C1O.[Ca+2].[Cl-].[Cl-].[Cl-].[Cl-].[Cl-].[Cl-].[K+].[Mg+2].[Na+].[Na]. The molecule has 13 N–H and O–H groups in total. The number of halogens is 6. The van der Waals surface area contributed by atoms with Crippen LogP contribution in [0.2, 0.25) is 0 Å². The van der Waals surface area contributed by atoms with Gasteiger partial charge < -0.3 is 136 Å². The van der Waals surface area contributed by atoms with Gasteiger partial charge in [-0.25, -0.2) is 9.59 Å². The molecule has 1 fully saturated rings. The summed E-state index contributed by atoms with van der Waals surface area (Å²) in [4.78, 5) is 18.0. The van der Waals surface area contributed by atoms with Crippen LogP contribution in [0.1, 0.15) is 6.92 Å². The molecule has 1 aliphatic heterocycles. The molecule has 1 radical (unpaired) electrons. The Morgan fingerprint density at radius 1 is 0.829 bits per heavy atom. The van der Waals surface area contributed by atoms with Crippen molar-refractivity contribution in [3.63, 3.8) is 0 Å². The molecular formula is C10H24CaCl6KMgNa2O14.